The number of aliphatic hydroxyl groups excluding tert-OH is 1. The molecule has 2 aliphatic heterocycles. The number of piperazine rings is 1. The number of hydrogen-bond acceptors (Lipinski definition) is 5. The minimum atomic E-state index is 0.240. The highest BCUT2D eigenvalue weighted by molar-refractivity contribution is 5.31. The Morgan fingerprint density at radius 2 is 1.86 bits per heavy atom. The van der Waals surface area contributed by atoms with Gasteiger partial charge in [0, 0.05) is 25.3 Å². The maximum absolute atomic E-state index is 9.33. The summed E-state index contributed by atoms with van der Waals surface area (Å²) in [6, 6.07) is 9.58. The molecule has 0 spiro atoms. The zero-order valence-corrected chi connectivity index (χ0v) is 18.2. The van der Waals surface area contributed by atoms with Crippen molar-refractivity contribution in [3.63, 3.8) is 0 Å². The Balaban J connectivity index is 0.000000921. The maximum Gasteiger partial charge on any atom is 0.106 e. The number of carbonyl (C=O) groups is 1. The van der Waals surface area contributed by atoms with Crippen LogP contribution in [0.4, 0.5) is 0 Å². The van der Waals surface area contributed by atoms with Crippen molar-refractivity contribution in [2.24, 2.45) is 0 Å². The first kappa shape index (κ1) is 24.3. The van der Waals surface area contributed by atoms with Crippen LogP contribution in [-0.4, -0.2) is 54.1 Å². The van der Waals surface area contributed by atoms with Crippen molar-refractivity contribution in [3.05, 3.63) is 47.2 Å². The van der Waals surface area contributed by atoms with Crippen molar-refractivity contribution in [2.45, 2.75) is 65.5 Å². The van der Waals surface area contributed by atoms with Gasteiger partial charge in [0.05, 0.1) is 18.7 Å². The van der Waals surface area contributed by atoms with E-state index in [1.807, 2.05) is 20.6 Å². The predicted molar refractivity (Wildman–Crippen MR) is 117 cm³/mol. The number of fused-ring (bicyclic) bond motifs is 1. The Kier molecular flexibility index (Phi) is 11.7. The molecule has 2 unspecified atom stereocenters. The van der Waals surface area contributed by atoms with E-state index in [1.54, 1.807) is 0 Å². The summed E-state index contributed by atoms with van der Waals surface area (Å²) in [4.78, 5) is 10.4. The first-order chi connectivity index (χ1) is 13.7. The molecule has 0 aromatic heterocycles. The normalized spacial score (nSPS) is 21.0. The average molecular weight is 390 g/mol. The Hall–Kier alpha value is -1.69. The van der Waals surface area contributed by atoms with Crippen LogP contribution >= 0.6 is 0 Å². The van der Waals surface area contributed by atoms with Gasteiger partial charge in [0.2, 0.25) is 0 Å². The van der Waals surface area contributed by atoms with Crippen molar-refractivity contribution in [3.8, 4) is 0 Å². The molecule has 2 aliphatic rings. The molecule has 0 bridgehead atoms. The van der Waals surface area contributed by atoms with Gasteiger partial charge in [-0.15, -0.1) is 0 Å². The number of carbonyl (C=O) groups excluding carboxylic acids is 1. The fourth-order valence-corrected chi connectivity index (χ4v) is 3.79. The van der Waals surface area contributed by atoms with Gasteiger partial charge in [-0.1, -0.05) is 69.9 Å². The number of rotatable bonds is 7. The summed E-state index contributed by atoms with van der Waals surface area (Å²) < 4.78 is 0. The number of benzene rings is 1. The van der Waals surface area contributed by atoms with E-state index >= 15 is 0 Å². The summed E-state index contributed by atoms with van der Waals surface area (Å²) in [5.41, 5.74) is 7.71. The fourth-order valence-electron chi connectivity index (χ4n) is 3.79. The first-order valence-corrected chi connectivity index (χ1v) is 10.7. The number of nitrogens with zero attached hydrogens (tertiary/aromatic N) is 2. The van der Waals surface area contributed by atoms with Crippen LogP contribution in [-0.2, 0) is 4.79 Å². The van der Waals surface area contributed by atoms with E-state index in [0.717, 1.165) is 19.6 Å². The number of nitrogens with one attached hydrogen (secondary N) is 1. The second kappa shape index (κ2) is 13.5. The monoisotopic (exact) mass is 389 g/mol. The molecular weight excluding hydrogens is 350 g/mol. The van der Waals surface area contributed by atoms with Gasteiger partial charge in [-0.3, -0.25) is 4.90 Å². The van der Waals surface area contributed by atoms with E-state index < -0.39 is 0 Å². The van der Waals surface area contributed by atoms with E-state index in [1.165, 1.54) is 42.5 Å². The Bertz CT molecular complexity index is 574. The van der Waals surface area contributed by atoms with E-state index in [2.05, 4.69) is 59.5 Å². The average Bonchev–Trinajstić information content (AvgIpc) is 3.16. The van der Waals surface area contributed by atoms with Gasteiger partial charge >= 0.3 is 0 Å². The third-order valence-corrected chi connectivity index (χ3v) is 5.16. The second-order valence-electron chi connectivity index (χ2n) is 7.15. The molecule has 0 saturated carbocycles. The third-order valence-electron chi connectivity index (χ3n) is 5.16. The highest BCUT2D eigenvalue weighted by Gasteiger charge is 2.35. The van der Waals surface area contributed by atoms with Crippen LogP contribution in [0.15, 0.2) is 36.0 Å². The molecule has 0 radical (unpaired) electrons. The van der Waals surface area contributed by atoms with Gasteiger partial charge < -0.3 is 14.9 Å². The van der Waals surface area contributed by atoms with E-state index in [9.17, 15) is 5.11 Å². The lowest BCUT2D eigenvalue weighted by Gasteiger charge is -2.42. The molecule has 158 valence electrons. The van der Waals surface area contributed by atoms with Crippen molar-refractivity contribution < 1.29 is 9.90 Å². The van der Waals surface area contributed by atoms with Gasteiger partial charge in [0.1, 0.15) is 6.79 Å². The maximum atomic E-state index is 9.33. The van der Waals surface area contributed by atoms with Gasteiger partial charge in [0.25, 0.3) is 0 Å². The summed E-state index contributed by atoms with van der Waals surface area (Å²) in [5.74, 6) is 0. The number of aryl methyl sites for hydroxylation is 1. The molecule has 0 amide bonds. The standard InChI is InChI=1S/C20H31N3O.C2H6.CH2O/c1-3-4-5-6-18-14-22(11-12-24)15-19-13-20(21-23(18)19)17-9-7-16(2)8-10-17;2*1-2/h7-10,13,18,20-21,24H,3-6,11-12,14-15H2,1-2H3;1-2H3;1H2. The number of hydrazine groups is 1. The highest BCUT2D eigenvalue weighted by Crippen LogP contribution is 2.31. The SMILES string of the molecule is C=O.CC.CCCCCC1CN(CCO)CC2=CC(c3ccc(C)cc3)NN21. The predicted octanol–water partition coefficient (Wildman–Crippen LogP) is 3.84. The molecule has 1 saturated heterocycles. The van der Waals surface area contributed by atoms with Gasteiger partial charge in [-0.25, -0.2) is 5.43 Å². The largest absolute Gasteiger partial charge is 0.395 e. The molecule has 1 fully saturated rings. The van der Waals surface area contributed by atoms with Crippen molar-refractivity contribution in [1.82, 2.24) is 15.3 Å². The zero-order valence-electron chi connectivity index (χ0n) is 18.2. The van der Waals surface area contributed by atoms with Crippen LogP contribution in [0.25, 0.3) is 0 Å². The molecule has 1 aromatic rings. The van der Waals surface area contributed by atoms with E-state index in [4.69, 9.17) is 4.79 Å². The Morgan fingerprint density at radius 3 is 2.46 bits per heavy atom. The number of β-amino-alcohol motifs (C(OH)–C–C–N with tert-alkyl or cyclic N) is 1. The fraction of sp³-hybridized carbons (Fsp3) is 0.609. The summed E-state index contributed by atoms with van der Waals surface area (Å²) in [5, 5.41) is 11.7. The zero-order chi connectivity index (χ0) is 20.9. The molecule has 28 heavy (non-hydrogen) atoms. The number of unbranched alkanes of at least 4 members (excludes halogenated alkanes) is 2. The van der Waals surface area contributed by atoms with Crippen LogP contribution in [0.3, 0.4) is 0 Å². The molecule has 2 atom stereocenters. The minimum Gasteiger partial charge on any atom is -0.395 e. The summed E-state index contributed by atoms with van der Waals surface area (Å²) in [6.07, 6.45) is 7.40. The van der Waals surface area contributed by atoms with Gasteiger partial charge in [0.15, 0.2) is 0 Å². The Morgan fingerprint density at radius 1 is 1.18 bits per heavy atom. The summed E-state index contributed by atoms with van der Waals surface area (Å²) in [6.45, 7) is 13.4. The smallest absolute Gasteiger partial charge is 0.106 e. The molecule has 5 heteroatoms. The second-order valence-corrected chi connectivity index (χ2v) is 7.15. The molecule has 1 aromatic carbocycles. The third kappa shape index (κ3) is 6.73. The first-order valence-electron chi connectivity index (χ1n) is 10.7. The quantitative estimate of drug-likeness (QED) is 0.694. The van der Waals surface area contributed by atoms with Crippen LogP contribution in [0, 0.1) is 6.92 Å². The lowest BCUT2D eigenvalue weighted by Crippen LogP contribution is -2.54. The van der Waals surface area contributed by atoms with Crippen LogP contribution < -0.4 is 5.43 Å². The Labute approximate surface area is 171 Å². The highest BCUT2D eigenvalue weighted by atomic mass is 16.3. The molecule has 2 heterocycles. The summed E-state index contributed by atoms with van der Waals surface area (Å²) in [7, 11) is 0. The van der Waals surface area contributed by atoms with Crippen LogP contribution in [0.5, 0.6) is 0 Å². The van der Waals surface area contributed by atoms with Crippen molar-refractivity contribution >= 4 is 6.79 Å². The molecular formula is C23H39N3O2. The number of hydrogen-bond donors (Lipinski definition) is 2. The minimum absolute atomic E-state index is 0.240. The van der Waals surface area contributed by atoms with Crippen LogP contribution in [0.2, 0.25) is 0 Å². The summed E-state index contributed by atoms with van der Waals surface area (Å²) >= 11 is 0. The van der Waals surface area contributed by atoms with E-state index in [-0.39, 0.29) is 12.6 Å². The van der Waals surface area contributed by atoms with E-state index in [0.29, 0.717) is 6.04 Å². The van der Waals surface area contributed by atoms with Crippen LogP contribution in [0.1, 0.15) is 63.6 Å². The molecule has 2 N–H and O–H groups in total. The van der Waals surface area contributed by atoms with Gasteiger partial charge in [-0.2, -0.15) is 0 Å². The van der Waals surface area contributed by atoms with Gasteiger partial charge in [-0.05, 0) is 25.0 Å². The molecule has 3 rings (SSSR count). The van der Waals surface area contributed by atoms with Crippen molar-refractivity contribution in [2.75, 3.05) is 26.2 Å². The lowest BCUT2D eigenvalue weighted by atomic mass is 10.0. The molecule has 0 aliphatic carbocycles. The topological polar surface area (TPSA) is 55.8 Å². The number of aliphatic hydroxyl groups is 1. The molecule has 5 nitrogen and oxygen atoms in total. The van der Waals surface area contributed by atoms with Crippen molar-refractivity contribution in [1.29, 1.82) is 0 Å². The lowest BCUT2D eigenvalue weighted by molar-refractivity contribution is -0.0979.